The highest BCUT2D eigenvalue weighted by Gasteiger charge is 2.28. The van der Waals surface area contributed by atoms with Gasteiger partial charge in [-0.1, -0.05) is 0 Å². The molecule has 1 aliphatic heterocycles. The van der Waals surface area contributed by atoms with Crippen LogP contribution in [0, 0.1) is 0 Å². The lowest BCUT2D eigenvalue weighted by molar-refractivity contribution is -0.128. The topological polar surface area (TPSA) is 58.4 Å². The summed E-state index contributed by atoms with van der Waals surface area (Å²) < 4.78 is 0. The van der Waals surface area contributed by atoms with Gasteiger partial charge in [0.05, 0.1) is 0 Å². The van der Waals surface area contributed by atoms with Crippen LogP contribution in [0.2, 0.25) is 0 Å². The molecule has 4 nitrogen and oxygen atoms in total. The lowest BCUT2D eigenvalue weighted by Gasteiger charge is -2.36. The summed E-state index contributed by atoms with van der Waals surface area (Å²) in [6.45, 7) is 3.94. The molecule has 4 heteroatoms. The molecule has 0 bridgehead atoms. The number of nitrogens with two attached hydrogens (primary N) is 1. The van der Waals surface area contributed by atoms with Gasteiger partial charge in [0.25, 0.3) is 0 Å². The van der Waals surface area contributed by atoms with Crippen LogP contribution < -0.4 is 11.1 Å². The fourth-order valence-corrected chi connectivity index (χ4v) is 2.48. The molecule has 2 aliphatic rings. The Morgan fingerprint density at radius 3 is 2.87 bits per heavy atom. The van der Waals surface area contributed by atoms with Crippen LogP contribution >= 0.6 is 0 Å². The number of hydrogen-bond acceptors (Lipinski definition) is 3. The van der Waals surface area contributed by atoms with Crippen molar-refractivity contribution in [2.45, 2.75) is 50.7 Å². The largest absolute Gasteiger partial charge is 0.341 e. The van der Waals surface area contributed by atoms with Crippen LogP contribution in [0.1, 0.15) is 32.6 Å². The summed E-state index contributed by atoms with van der Waals surface area (Å²) in [5, 5.41) is 3.52. The molecule has 2 fully saturated rings. The van der Waals surface area contributed by atoms with Gasteiger partial charge in [0, 0.05) is 37.6 Å². The highest BCUT2D eigenvalue weighted by molar-refractivity contribution is 5.78. The maximum Gasteiger partial charge on any atom is 0.222 e. The number of nitrogens with one attached hydrogen (secondary N) is 1. The van der Waals surface area contributed by atoms with Crippen LogP contribution in [-0.2, 0) is 4.79 Å². The fraction of sp³-hybridized carbons (Fsp3) is 0.909. The van der Waals surface area contributed by atoms with E-state index < -0.39 is 0 Å². The smallest absolute Gasteiger partial charge is 0.222 e. The van der Waals surface area contributed by atoms with Crippen LogP contribution in [0.5, 0.6) is 0 Å². The van der Waals surface area contributed by atoms with Crippen molar-refractivity contribution in [3.05, 3.63) is 0 Å². The van der Waals surface area contributed by atoms with Crippen molar-refractivity contribution in [2.75, 3.05) is 13.1 Å². The summed E-state index contributed by atoms with van der Waals surface area (Å²) in [5.41, 5.74) is 5.73. The second-order valence-electron chi connectivity index (χ2n) is 4.94. The molecule has 0 aromatic rings. The van der Waals surface area contributed by atoms with E-state index in [1.807, 2.05) is 4.90 Å². The number of rotatable bonds is 4. The van der Waals surface area contributed by atoms with Gasteiger partial charge in [0.2, 0.25) is 5.91 Å². The maximum atomic E-state index is 11.4. The standard InChI is InChI=1S/C11H21N3O/c1-8(13-10-5-9(12)6-10)7-14-4-2-3-11(14)15/h8-10,13H,2-7,12H2,1H3. The third-order valence-corrected chi connectivity index (χ3v) is 3.36. The van der Waals surface area contributed by atoms with Crippen LogP contribution in [0.15, 0.2) is 0 Å². The Labute approximate surface area is 91.2 Å². The van der Waals surface area contributed by atoms with Gasteiger partial charge >= 0.3 is 0 Å². The summed E-state index contributed by atoms with van der Waals surface area (Å²) in [5.74, 6) is 0.314. The maximum absolute atomic E-state index is 11.4. The molecule has 86 valence electrons. The highest BCUT2D eigenvalue weighted by Crippen LogP contribution is 2.18. The molecule has 1 unspecified atom stereocenters. The summed E-state index contributed by atoms with van der Waals surface area (Å²) >= 11 is 0. The molecule has 0 aromatic carbocycles. The van der Waals surface area contributed by atoms with Crippen molar-refractivity contribution in [1.29, 1.82) is 0 Å². The van der Waals surface area contributed by atoms with E-state index >= 15 is 0 Å². The third kappa shape index (κ3) is 2.69. The molecular weight excluding hydrogens is 190 g/mol. The van der Waals surface area contributed by atoms with Gasteiger partial charge in [0.15, 0.2) is 0 Å². The van der Waals surface area contributed by atoms with Gasteiger partial charge in [-0.05, 0) is 26.2 Å². The van der Waals surface area contributed by atoms with E-state index in [9.17, 15) is 4.79 Å². The van der Waals surface area contributed by atoms with Gasteiger partial charge in [0.1, 0.15) is 0 Å². The quantitative estimate of drug-likeness (QED) is 0.692. The summed E-state index contributed by atoms with van der Waals surface area (Å²) in [6, 6.07) is 1.36. The average Bonchev–Trinajstić information content (AvgIpc) is 2.49. The molecule has 1 atom stereocenters. The molecule has 15 heavy (non-hydrogen) atoms. The summed E-state index contributed by atoms with van der Waals surface area (Å²) in [6.07, 6.45) is 3.93. The number of nitrogens with zero attached hydrogens (tertiary/aromatic N) is 1. The first-order valence-corrected chi connectivity index (χ1v) is 5.94. The Balaban J connectivity index is 1.68. The van der Waals surface area contributed by atoms with Gasteiger partial charge in [-0.2, -0.15) is 0 Å². The van der Waals surface area contributed by atoms with E-state index in [0.29, 0.717) is 24.0 Å². The summed E-state index contributed by atoms with van der Waals surface area (Å²) in [7, 11) is 0. The summed E-state index contributed by atoms with van der Waals surface area (Å²) in [4.78, 5) is 13.4. The predicted octanol–water partition coefficient (Wildman–Crippen LogP) is 0.0766. The zero-order valence-electron chi connectivity index (χ0n) is 9.41. The Bertz CT molecular complexity index is 238. The van der Waals surface area contributed by atoms with Crippen molar-refractivity contribution in [2.24, 2.45) is 5.73 Å². The van der Waals surface area contributed by atoms with Gasteiger partial charge in [-0.3, -0.25) is 4.79 Å². The Morgan fingerprint density at radius 1 is 1.60 bits per heavy atom. The molecule has 1 saturated heterocycles. The minimum absolute atomic E-state index is 0.314. The Kier molecular flexibility index (Phi) is 3.26. The molecule has 3 N–H and O–H groups in total. The molecule has 0 radical (unpaired) electrons. The second-order valence-corrected chi connectivity index (χ2v) is 4.94. The lowest BCUT2D eigenvalue weighted by Crippen LogP contribution is -2.53. The SMILES string of the molecule is CC(CN1CCCC1=O)NC1CC(N)C1. The van der Waals surface area contributed by atoms with Crippen LogP contribution in [0.3, 0.4) is 0 Å². The van der Waals surface area contributed by atoms with E-state index in [-0.39, 0.29) is 0 Å². The first-order valence-electron chi connectivity index (χ1n) is 5.94. The van der Waals surface area contributed by atoms with E-state index in [1.54, 1.807) is 0 Å². The molecule has 1 saturated carbocycles. The number of amides is 1. The van der Waals surface area contributed by atoms with Crippen LogP contribution in [0.4, 0.5) is 0 Å². The van der Waals surface area contributed by atoms with E-state index in [1.165, 1.54) is 0 Å². The van der Waals surface area contributed by atoms with E-state index in [0.717, 1.165) is 38.8 Å². The number of likely N-dealkylation sites (tertiary alicyclic amines) is 1. The molecule has 1 amide bonds. The molecular formula is C11H21N3O. The minimum Gasteiger partial charge on any atom is -0.341 e. The molecule has 1 aliphatic carbocycles. The zero-order chi connectivity index (χ0) is 10.8. The first kappa shape index (κ1) is 10.9. The van der Waals surface area contributed by atoms with Crippen molar-refractivity contribution < 1.29 is 4.79 Å². The number of carbonyl (C=O) groups is 1. The van der Waals surface area contributed by atoms with Gasteiger partial charge in [-0.15, -0.1) is 0 Å². The van der Waals surface area contributed by atoms with Crippen molar-refractivity contribution >= 4 is 5.91 Å². The lowest BCUT2D eigenvalue weighted by atomic mass is 9.87. The van der Waals surface area contributed by atoms with E-state index in [2.05, 4.69) is 12.2 Å². The Morgan fingerprint density at radius 2 is 2.33 bits per heavy atom. The number of hydrogen-bond donors (Lipinski definition) is 2. The average molecular weight is 211 g/mol. The van der Waals surface area contributed by atoms with Crippen molar-refractivity contribution in [1.82, 2.24) is 10.2 Å². The fourth-order valence-electron chi connectivity index (χ4n) is 2.48. The normalized spacial score (nSPS) is 32.9. The van der Waals surface area contributed by atoms with Crippen LogP contribution in [0.25, 0.3) is 0 Å². The second kappa shape index (κ2) is 4.49. The number of carbonyl (C=O) groups excluding carboxylic acids is 1. The minimum atomic E-state index is 0.314. The molecule has 2 rings (SSSR count). The first-order chi connectivity index (χ1) is 7.15. The highest BCUT2D eigenvalue weighted by atomic mass is 16.2. The molecule has 0 aromatic heterocycles. The third-order valence-electron chi connectivity index (χ3n) is 3.36. The molecule has 1 heterocycles. The van der Waals surface area contributed by atoms with Crippen molar-refractivity contribution in [3.63, 3.8) is 0 Å². The van der Waals surface area contributed by atoms with Crippen molar-refractivity contribution in [3.8, 4) is 0 Å². The molecule has 0 spiro atoms. The van der Waals surface area contributed by atoms with Crippen LogP contribution in [-0.4, -0.2) is 42.0 Å². The monoisotopic (exact) mass is 211 g/mol. The Hall–Kier alpha value is -0.610. The predicted molar refractivity (Wildman–Crippen MR) is 59.4 cm³/mol. The zero-order valence-corrected chi connectivity index (χ0v) is 9.41. The van der Waals surface area contributed by atoms with Gasteiger partial charge < -0.3 is 16.0 Å². The van der Waals surface area contributed by atoms with Gasteiger partial charge in [-0.25, -0.2) is 0 Å². The van der Waals surface area contributed by atoms with E-state index in [4.69, 9.17) is 5.73 Å².